The second-order valence-corrected chi connectivity index (χ2v) is 13.3. The van der Waals surface area contributed by atoms with Gasteiger partial charge in [-0.3, -0.25) is 4.79 Å². The first-order chi connectivity index (χ1) is 20.8. The van der Waals surface area contributed by atoms with Gasteiger partial charge in [0.25, 0.3) is 0 Å². The van der Waals surface area contributed by atoms with Gasteiger partial charge in [0, 0.05) is 6.42 Å². The zero-order valence-electron chi connectivity index (χ0n) is 29.2. The van der Waals surface area contributed by atoms with E-state index in [0.29, 0.717) is 13.0 Å². The van der Waals surface area contributed by atoms with Crippen molar-refractivity contribution < 1.29 is 9.53 Å². The van der Waals surface area contributed by atoms with Crippen LogP contribution in [0.5, 0.6) is 0 Å². The minimum atomic E-state index is 0.0189. The number of allylic oxidation sites excluding steroid dienone is 2. The third-order valence-corrected chi connectivity index (χ3v) is 8.90. The van der Waals surface area contributed by atoms with E-state index in [0.717, 1.165) is 12.8 Å². The van der Waals surface area contributed by atoms with E-state index in [1.54, 1.807) is 0 Å². The molecule has 0 aliphatic heterocycles. The summed E-state index contributed by atoms with van der Waals surface area (Å²) in [6.07, 6.45) is 50.1. The van der Waals surface area contributed by atoms with Crippen LogP contribution in [0.1, 0.15) is 232 Å². The van der Waals surface area contributed by atoms with Crippen molar-refractivity contribution >= 4 is 5.97 Å². The fourth-order valence-electron chi connectivity index (χ4n) is 5.96. The van der Waals surface area contributed by atoms with E-state index in [2.05, 4.69) is 26.0 Å². The highest BCUT2D eigenvalue weighted by molar-refractivity contribution is 5.69. The molecule has 2 heteroatoms. The number of carbonyl (C=O) groups is 1. The molecule has 2 nitrogen and oxygen atoms in total. The van der Waals surface area contributed by atoms with Crippen molar-refractivity contribution in [2.24, 2.45) is 0 Å². The molecule has 0 amide bonds. The standard InChI is InChI=1S/C40H78O2/c1-3-5-7-9-11-13-15-17-19-20-21-22-23-24-25-26-28-30-32-34-36-38-40(41)42-39-37-35-33-31-29-27-18-16-14-12-10-8-6-4-2/h18,27H,3-17,19-26,28-39H2,1-2H3/b27-18+. The number of unbranched alkanes of at least 4 members (excludes halogenated alkanes) is 30. The quantitative estimate of drug-likeness (QED) is 0.0412. The third kappa shape index (κ3) is 37.2. The molecule has 0 radical (unpaired) electrons. The molecule has 0 heterocycles. The zero-order valence-corrected chi connectivity index (χ0v) is 29.2. The van der Waals surface area contributed by atoms with Gasteiger partial charge >= 0.3 is 5.97 Å². The fraction of sp³-hybridized carbons (Fsp3) is 0.925. The summed E-state index contributed by atoms with van der Waals surface area (Å²) in [4.78, 5) is 11.9. The van der Waals surface area contributed by atoms with Crippen LogP contribution in [0.15, 0.2) is 12.2 Å². The Bertz CT molecular complexity index is 526. The van der Waals surface area contributed by atoms with Gasteiger partial charge in [-0.1, -0.05) is 199 Å². The van der Waals surface area contributed by atoms with Gasteiger partial charge in [0.2, 0.25) is 0 Å². The van der Waals surface area contributed by atoms with E-state index in [9.17, 15) is 4.79 Å². The highest BCUT2D eigenvalue weighted by Gasteiger charge is 2.02. The maximum atomic E-state index is 11.9. The summed E-state index contributed by atoms with van der Waals surface area (Å²) >= 11 is 0. The Labute approximate surface area is 266 Å². The molecule has 250 valence electrons. The molecule has 0 saturated carbocycles. The zero-order chi connectivity index (χ0) is 30.4. The monoisotopic (exact) mass is 591 g/mol. The first-order valence-electron chi connectivity index (χ1n) is 19.6. The Morgan fingerprint density at radius 2 is 0.667 bits per heavy atom. The first kappa shape index (κ1) is 41.2. The third-order valence-electron chi connectivity index (χ3n) is 8.90. The van der Waals surface area contributed by atoms with Crippen molar-refractivity contribution in [3.05, 3.63) is 12.2 Å². The summed E-state index contributed by atoms with van der Waals surface area (Å²) < 4.78 is 5.44. The molecule has 0 aromatic rings. The van der Waals surface area contributed by atoms with Crippen LogP contribution in [0.2, 0.25) is 0 Å². The van der Waals surface area contributed by atoms with E-state index in [-0.39, 0.29) is 5.97 Å². The molecular weight excluding hydrogens is 512 g/mol. The molecule has 0 unspecified atom stereocenters. The van der Waals surface area contributed by atoms with E-state index in [4.69, 9.17) is 4.74 Å². The summed E-state index contributed by atoms with van der Waals surface area (Å²) in [7, 11) is 0. The Morgan fingerprint density at radius 1 is 0.381 bits per heavy atom. The lowest BCUT2D eigenvalue weighted by Gasteiger charge is -2.05. The lowest BCUT2D eigenvalue weighted by Crippen LogP contribution is -2.05. The van der Waals surface area contributed by atoms with E-state index < -0.39 is 0 Å². The maximum absolute atomic E-state index is 11.9. The van der Waals surface area contributed by atoms with Crippen LogP contribution in [-0.2, 0) is 9.53 Å². The fourth-order valence-corrected chi connectivity index (χ4v) is 5.96. The van der Waals surface area contributed by atoms with E-state index >= 15 is 0 Å². The van der Waals surface area contributed by atoms with E-state index in [1.807, 2.05) is 0 Å². The van der Waals surface area contributed by atoms with Gasteiger partial charge in [0.1, 0.15) is 0 Å². The van der Waals surface area contributed by atoms with Crippen molar-refractivity contribution in [2.45, 2.75) is 232 Å². The molecule has 0 bridgehead atoms. The lowest BCUT2D eigenvalue weighted by atomic mass is 10.0. The molecule has 0 fully saturated rings. The van der Waals surface area contributed by atoms with Gasteiger partial charge in [-0.2, -0.15) is 0 Å². The van der Waals surface area contributed by atoms with Crippen molar-refractivity contribution in [1.29, 1.82) is 0 Å². The predicted octanol–water partition coefficient (Wildman–Crippen LogP) is 14.4. The summed E-state index contributed by atoms with van der Waals surface area (Å²) in [5.41, 5.74) is 0. The average molecular weight is 591 g/mol. The number of rotatable bonds is 36. The summed E-state index contributed by atoms with van der Waals surface area (Å²) in [6, 6.07) is 0. The van der Waals surface area contributed by atoms with E-state index in [1.165, 1.54) is 199 Å². The topological polar surface area (TPSA) is 26.3 Å². The Morgan fingerprint density at radius 3 is 1.02 bits per heavy atom. The molecule has 0 saturated heterocycles. The highest BCUT2D eigenvalue weighted by atomic mass is 16.5. The highest BCUT2D eigenvalue weighted by Crippen LogP contribution is 2.15. The maximum Gasteiger partial charge on any atom is 0.305 e. The summed E-state index contributed by atoms with van der Waals surface area (Å²) in [5.74, 6) is 0.0189. The summed E-state index contributed by atoms with van der Waals surface area (Å²) in [5, 5.41) is 0. The van der Waals surface area contributed by atoms with Crippen molar-refractivity contribution in [3.8, 4) is 0 Å². The Balaban J connectivity index is 3.17. The molecule has 0 spiro atoms. The van der Waals surface area contributed by atoms with Gasteiger partial charge in [-0.15, -0.1) is 0 Å². The van der Waals surface area contributed by atoms with Crippen molar-refractivity contribution in [2.75, 3.05) is 6.61 Å². The second-order valence-electron chi connectivity index (χ2n) is 13.3. The van der Waals surface area contributed by atoms with Crippen LogP contribution >= 0.6 is 0 Å². The normalized spacial score (nSPS) is 11.6. The molecule has 0 aliphatic carbocycles. The number of carbonyl (C=O) groups excluding carboxylic acids is 1. The van der Waals surface area contributed by atoms with Gasteiger partial charge in [-0.05, 0) is 38.5 Å². The molecule has 0 rings (SSSR count). The average Bonchev–Trinajstić information content (AvgIpc) is 3.00. The predicted molar refractivity (Wildman–Crippen MR) is 188 cm³/mol. The Hall–Kier alpha value is -0.790. The number of hydrogen-bond acceptors (Lipinski definition) is 2. The smallest absolute Gasteiger partial charge is 0.305 e. The van der Waals surface area contributed by atoms with Gasteiger partial charge in [-0.25, -0.2) is 0 Å². The summed E-state index contributed by atoms with van der Waals surface area (Å²) in [6.45, 7) is 5.19. The Kier molecular flexibility index (Phi) is 37.5. The van der Waals surface area contributed by atoms with Crippen LogP contribution in [0, 0.1) is 0 Å². The van der Waals surface area contributed by atoms with Gasteiger partial charge in [0.15, 0.2) is 0 Å². The molecule has 42 heavy (non-hydrogen) atoms. The molecule has 0 N–H and O–H groups in total. The first-order valence-corrected chi connectivity index (χ1v) is 19.6. The minimum Gasteiger partial charge on any atom is -0.466 e. The number of hydrogen-bond donors (Lipinski definition) is 0. The van der Waals surface area contributed by atoms with Crippen LogP contribution < -0.4 is 0 Å². The van der Waals surface area contributed by atoms with Gasteiger partial charge < -0.3 is 4.74 Å². The molecule has 0 aromatic heterocycles. The van der Waals surface area contributed by atoms with Crippen LogP contribution in [0.25, 0.3) is 0 Å². The largest absolute Gasteiger partial charge is 0.466 e. The molecule has 0 aliphatic rings. The number of esters is 1. The van der Waals surface area contributed by atoms with Crippen LogP contribution in [0.4, 0.5) is 0 Å². The second kappa shape index (κ2) is 38.2. The molecule has 0 aromatic carbocycles. The van der Waals surface area contributed by atoms with Crippen molar-refractivity contribution in [1.82, 2.24) is 0 Å². The SMILES string of the molecule is CCCCCCCC/C=C/CCCCCCOC(=O)CCCCCCCCCCCCCCCCCCCCCCC. The lowest BCUT2D eigenvalue weighted by molar-refractivity contribution is -0.143. The minimum absolute atomic E-state index is 0.0189. The van der Waals surface area contributed by atoms with Gasteiger partial charge in [0.05, 0.1) is 6.61 Å². The molecule has 0 atom stereocenters. The van der Waals surface area contributed by atoms with Crippen LogP contribution in [0.3, 0.4) is 0 Å². The molecular formula is C40H78O2. The van der Waals surface area contributed by atoms with Crippen molar-refractivity contribution in [3.63, 3.8) is 0 Å². The number of ether oxygens (including phenoxy) is 1. The van der Waals surface area contributed by atoms with Crippen LogP contribution in [-0.4, -0.2) is 12.6 Å².